The van der Waals surface area contributed by atoms with Crippen molar-refractivity contribution in [2.24, 2.45) is 0 Å². The average molecular weight is 454 g/mol. The van der Waals surface area contributed by atoms with Crippen LogP contribution in [0.5, 0.6) is 0 Å². The minimum Gasteiger partial charge on any atom is -0.346 e. The summed E-state index contributed by atoms with van der Waals surface area (Å²) in [7, 11) is 0. The molecule has 174 valence electrons. The van der Waals surface area contributed by atoms with Crippen LogP contribution in [-0.4, -0.2) is 58.4 Å². The van der Waals surface area contributed by atoms with Crippen molar-refractivity contribution in [2.45, 2.75) is 19.9 Å². The molecule has 2 aromatic heterocycles. The number of benzene rings is 2. The van der Waals surface area contributed by atoms with Crippen LogP contribution in [-0.2, 0) is 13.0 Å². The van der Waals surface area contributed by atoms with E-state index in [0.29, 0.717) is 5.56 Å². The molecule has 0 spiro atoms. The van der Waals surface area contributed by atoms with E-state index in [1.54, 1.807) is 6.20 Å². The van der Waals surface area contributed by atoms with Gasteiger partial charge in [0.1, 0.15) is 5.65 Å². The second-order valence-corrected chi connectivity index (χ2v) is 8.95. The maximum atomic E-state index is 12.7. The Morgan fingerprint density at radius 1 is 0.941 bits per heavy atom. The quantitative estimate of drug-likeness (QED) is 0.431. The molecule has 6 nitrogen and oxygen atoms in total. The highest BCUT2D eigenvalue weighted by atomic mass is 16.1. The van der Waals surface area contributed by atoms with Crippen LogP contribution < -0.4 is 5.32 Å². The molecule has 5 rings (SSSR count). The van der Waals surface area contributed by atoms with E-state index in [2.05, 4.69) is 62.3 Å². The van der Waals surface area contributed by atoms with Crippen molar-refractivity contribution in [3.8, 4) is 0 Å². The van der Waals surface area contributed by atoms with Crippen LogP contribution in [0.25, 0.3) is 11.0 Å². The van der Waals surface area contributed by atoms with E-state index < -0.39 is 0 Å². The predicted molar refractivity (Wildman–Crippen MR) is 137 cm³/mol. The van der Waals surface area contributed by atoms with E-state index in [1.165, 1.54) is 16.7 Å². The number of hydrogen-bond donors (Lipinski definition) is 2. The lowest BCUT2D eigenvalue weighted by Crippen LogP contribution is -2.45. The monoisotopic (exact) mass is 453 g/mol. The second-order valence-electron chi connectivity index (χ2n) is 8.95. The fraction of sp³-hybridized carbons (Fsp3) is 0.286. The molecule has 1 aliphatic heterocycles. The van der Waals surface area contributed by atoms with Crippen molar-refractivity contribution in [3.63, 3.8) is 0 Å². The number of fused-ring (bicyclic) bond motifs is 1. The first-order chi connectivity index (χ1) is 16.7. The van der Waals surface area contributed by atoms with Crippen LogP contribution >= 0.6 is 0 Å². The Labute approximate surface area is 200 Å². The lowest BCUT2D eigenvalue weighted by atomic mass is 10.0. The molecule has 6 heteroatoms. The number of anilines is 1. The number of nitrogens with one attached hydrogen (secondary N) is 2. The van der Waals surface area contributed by atoms with Gasteiger partial charge >= 0.3 is 0 Å². The molecule has 0 atom stereocenters. The van der Waals surface area contributed by atoms with Gasteiger partial charge in [0.2, 0.25) is 0 Å². The normalized spacial score (nSPS) is 15.0. The number of likely N-dealkylation sites (N-methyl/N-ethyl adjacent to an activating group) is 1. The van der Waals surface area contributed by atoms with Crippen LogP contribution in [0.4, 0.5) is 5.69 Å². The van der Waals surface area contributed by atoms with E-state index in [-0.39, 0.29) is 5.91 Å². The van der Waals surface area contributed by atoms with Crippen LogP contribution in [0.15, 0.2) is 73.1 Å². The summed E-state index contributed by atoms with van der Waals surface area (Å²) in [6.45, 7) is 8.75. The first-order valence-electron chi connectivity index (χ1n) is 12.0. The third-order valence-corrected chi connectivity index (χ3v) is 6.68. The summed E-state index contributed by atoms with van der Waals surface area (Å²) in [6.07, 6.45) is 4.62. The highest BCUT2D eigenvalue weighted by molar-refractivity contribution is 6.04. The number of nitrogens with zero attached hydrogens (tertiary/aromatic N) is 3. The summed E-state index contributed by atoms with van der Waals surface area (Å²) in [5.41, 5.74) is 6.03. The minimum absolute atomic E-state index is 0.0847. The summed E-state index contributed by atoms with van der Waals surface area (Å²) in [5.74, 6) is -0.0847. The van der Waals surface area contributed by atoms with Gasteiger partial charge in [-0.05, 0) is 66.1 Å². The summed E-state index contributed by atoms with van der Waals surface area (Å²) < 4.78 is 0. The zero-order chi connectivity index (χ0) is 23.3. The average Bonchev–Trinajstić information content (AvgIpc) is 3.29. The fourth-order valence-corrected chi connectivity index (χ4v) is 4.57. The fourth-order valence-electron chi connectivity index (χ4n) is 4.57. The van der Waals surface area contributed by atoms with E-state index in [0.717, 1.165) is 62.4 Å². The molecule has 2 aromatic carbocycles. The molecule has 1 aliphatic rings. The third-order valence-electron chi connectivity index (χ3n) is 6.68. The standard InChI is InChI=1S/C28H31N5O/c1-2-32-14-16-33(17-15-32)20-22-5-9-23(10-6-22)28(34)31-25-11-7-21(8-12-25)18-24-19-30-27-26(24)4-3-13-29-27/h3-13,19H,2,14-18,20H2,1H3,(H,29,30)(H,31,34). The van der Waals surface area contributed by atoms with Crippen molar-refractivity contribution in [2.75, 3.05) is 38.0 Å². The zero-order valence-corrected chi connectivity index (χ0v) is 19.6. The molecule has 0 saturated carbocycles. The number of pyridine rings is 1. The molecule has 1 fully saturated rings. The predicted octanol–water partition coefficient (Wildman–Crippen LogP) is 4.54. The lowest BCUT2D eigenvalue weighted by Gasteiger charge is -2.34. The molecule has 4 aromatic rings. The van der Waals surface area contributed by atoms with Gasteiger partial charge in [0.15, 0.2) is 0 Å². The van der Waals surface area contributed by atoms with Crippen molar-refractivity contribution >= 4 is 22.6 Å². The summed E-state index contributed by atoms with van der Waals surface area (Å²) in [5, 5.41) is 4.16. The highest BCUT2D eigenvalue weighted by Crippen LogP contribution is 2.21. The number of carbonyl (C=O) groups excluding carboxylic acids is 1. The van der Waals surface area contributed by atoms with Gasteiger partial charge < -0.3 is 15.2 Å². The number of H-pyrrole nitrogens is 1. The molecule has 1 amide bonds. The van der Waals surface area contributed by atoms with Gasteiger partial charge in [-0.25, -0.2) is 4.98 Å². The molecule has 0 bridgehead atoms. The zero-order valence-electron chi connectivity index (χ0n) is 19.6. The number of aromatic nitrogens is 2. The number of rotatable bonds is 7. The van der Waals surface area contributed by atoms with E-state index in [4.69, 9.17) is 0 Å². The van der Waals surface area contributed by atoms with Gasteiger partial charge in [0.05, 0.1) is 0 Å². The SMILES string of the molecule is CCN1CCN(Cc2ccc(C(=O)Nc3ccc(Cc4c[nH]c5ncccc45)cc3)cc2)CC1. The Kier molecular flexibility index (Phi) is 6.70. The van der Waals surface area contributed by atoms with E-state index >= 15 is 0 Å². The Bertz CT molecular complexity index is 1240. The van der Waals surface area contributed by atoms with Gasteiger partial charge in [0, 0.05) is 61.8 Å². The molecule has 34 heavy (non-hydrogen) atoms. The molecule has 0 unspecified atom stereocenters. The first kappa shape index (κ1) is 22.3. The molecular weight excluding hydrogens is 422 g/mol. The van der Waals surface area contributed by atoms with E-state index in [1.807, 2.05) is 36.5 Å². The minimum atomic E-state index is -0.0847. The first-order valence-corrected chi connectivity index (χ1v) is 12.0. The van der Waals surface area contributed by atoms with Crippen LogP contribution in [0.3, 0.4) is 0 Å². The molecule has 2 N–H and O–H groups in total. The van der Waals surface area contributed by atoms with Gasteiger partial charge in [-0.2, -0.15) is 0 Å². The number of aromatic amines is 1. The molecule has 3 heterocycles. The largest absolute Gasteiger partial charge is 0.346 e. The molecule has 0 aliphatic carbocycles. The summed E-state index contributed by atoms with van der Waals surface area (Å²) in [4.78, 5) is 25.3. The van der Waals surface area contributed by atoms with Crippen molar-refractivity contribution in [3.05, 3.63) is 95.3 Å². The van der Waals surface area contributed by atoms with Gasteiger partial charge in [-0.15, -0.1) is 0 Å². The Morgan fingerprint density at radius 3 is 2.38 bits per heavy atom. The number of hydrogen-bond acceptors (Lipinski definition) is 4. The molecule has 0 radical (unpaired) electrons. The Hall–Kier alpha value is -3.48. The molecular formula is C28H31N5O. The van der Waals surface area contributed by atoms with Crippen molar-refractivity contribution in [1.29, 1.82) is 0 Å². The van der Waals surface area contributed by atoms with Crippen molar-refractivity contribution in [1.82, 2.24) is 19.8 Å². The highest BCUT2D eigenvalue weighted by Gasteiger charge is 2.15. The van der Waals surface area contributed by atoms with E-state index in [9.17, 15) is 4.79 Å². The Morgan fingerprint density at radius 2 is 1.65 bits per heavy atom. The van der Waals surface area contributed by atoms with Crippen LogP contribution in [0.2, 0.25) is 0 Å². The van der Waals surface area contributed by atoms with Gasteiger partial charge in [-0.3, -0.25) is 9.69 Å². The van der Waals surface area contributed by atoms with Crippen molar-refractivity contribution < 1.29 is 4.79 Å². The second kappa shape index (κ2) is 10.2. The maximum absolute atomic E-state index is 12.7. The Balaban J connectivity index is 1.16. The number of amides is 1. The molecule has 1 saturated heterocycles. The maximum Gasteiger partial charge on any atom is 0.255 e. The van der Waals surface area contributed by atoms with Gasteiger partial charge in [0.25, 0.3) is 5.91 Å². The summed E-state index contributed by atoms with van der Waals surface area (Å²) in [6, 6.07) is 20.1. The lowest BCUT2D eigenvalue weighted by molar-refractivity contribution is 0.102. The number of carbonyl (C=O) groups is 1. The van der Waals surface area contributed by atoms with Gasteiger partial charge in [-0.1, -0.05) is 31.2 Å². The van der Waals surface area contributed by atoms with Crippen LogP contribution in [0, 0.1) is 0 Å². The topological polar surface area (TPSA) is 64.3 Å². The number of piperazine rings is 1. The smallest absolute Gasteiger partial charge is 0.255 e. The van der Waals surface area contributed by atoms with Crippen LogP contribution in [0.1, 0.15) is 34.0 Å². The summed E-state index contributed by atoms with van der Waals surface area (Å²) >= 11 is 0. The third kappa shape index (κ3) is 5.19.